The number of imidazole rings is 1. The van der Waals surface area contributed by atoms with Crippen LogP contribution in [-0.2, 0) is 9.05 Å². The molecule has 0 radical (unpaired) electrons. The molecule has 0 fully saturated rings. The van der Waals surface area contributed by atoms with Crippen molar-refractivity contribution in [2.45, 2.75) is 5.03 Å². The SMILES string of the molecule is O=S(=O)(Cl)c1c(Br)nc2sccn12. The number of nitrogens with zero attached hydrogens (tertiary/aromatic N) is 2. The van der Waals surface area contributed by atoms with Crippen molar-refractivity contribution in [3.05, 3.63) is 16.2 Å². The minimum absolute atomic E-state index is 0.0228. The predicted molar refractivity (Wildman–Crippen MR) is 53.8 cm³/mol. The molecule has 2 aromatic heterocycles. The van der Waals surface area contributed by atoms with Crippen LogP contribution in [0.1, 0.15) is 0 Å². The van der Waals surface area contributed by atoms with Crippen LogP contribution in [0.4, 0.5) is 0 Å². The molecule has 0 saturated heterocycles. The van der Waals surface area contributed by atoms with Gasteiger partial charge in [0, 0.05) is 22.3 Å². The number of hydrogen-bond donors (Lipinski definition) is 0. The van der Waals surface area contributed by atoms with Crippen molar-refractivity contribution >= 4 is 52.0 Å². The summed E-state index contributed by atoms with van der Waals surface area (Å²) in [6, 6.07) is 0. The fourth-order valence-electron chi connectivity index (χ4n) is 0.957. The van der Waals surface area contributed by atoms with Crippen LogP contribution in [0.15, 0.2) is 21.2 Å². The van der Waals surface area contributed by atoms with Crippen molar-refractivity contribution in [1.29, 1.82) is 0 Å². The zero-order valence-electron chi connectivity index (χ0n) is 5.94. The quantitative estimate of drug-likeness (QED) is 0.758. The number of hydrogen-bond acceptors (Lipinski definition) is 4. The highest BCUT2D eigenvalue weighted by Crippen LogP contribution is 2.27. The molecular weight excluding hydrogens is 300 g/mol. The summed E-state index contributed by atoms with van der Waals surface area (Å²) in [7, 11) is 1.47. The third kappa shape index (κ3) is 1.50. The Morgan fingerprint density at radius 2 is 2.31 bits per heavy atom. The molecule has 8 heteroatoms. The zero-order valence-corrected chi connectivity index (χ0v) is 9.91. The van der Waals surface area contributed by atoms with Crippen LogP contribution in [0.25, 0.3) is 4.96 Å². The second kappa shape index (κ2) is 2.94. The highest BCUT2D eigenvalue weighted by atomic mass is 79.9. The van der Waals surface area contributed by atoms with Gasteiger partial charge in [0.25, 0.3) is 9.05 Å². The number of fused-ring (bicyclic) bond motifs is 1. The van der Waals surface area contributed by atoms with Gasteiger partial charge in [-0.15, -0.1) is 11.3 Å². The van der Waals surface area contributed by atoms with Crippen LogP contribution in [0, 0.1) is 0 Å². The lowest BCUT2D eigenvalue weighted by Crippen LogP contribution is -1.95. The molecule has 0 bridgehead atoms. The first-order chi connectivity index (χ1) is 6.00. The molecule has 0 aliphatic carbocycles. The summed E-state index contributed by atoms with van der Waals surface area (Å²) in [5.41, 5.74) is 0. The molecule has 0 aromatic carbocycles. The maximum Gasteiger partial charge on any atom is 0.280 e. The van der Waals surface area contributed by atoms with Gasteiger partial charge in [0.1, 0.15) is 4.60 Å². The molecule has 2 heterocycles. The first-order valence-corrected chi connectivity index (χ1v) is 7.04. The topological polar surface area (TPSA) is 51.4 Å². The molecule has 0 amide bonds. The zero-order chi connectivity index (χ0) is 9.64. The third-order valence-corrected chi connectivity index (χ3v) is 4.27. The molecule has 0 spiro atoms. The lowest BCUT2D eigenvalue weighted by molar-refractivity contribution is 0.604. The van der Waals surface area contributed by atoms with E-state index in [-0.39, 0.29) is 9.63 Å². The van der Waals surface area contributed by atoms with E-state index in [1.165, 1.54) is 15.7 Å². The Kier molecular flexibility index (Phi) is 2.14. The van der Waals surface area contributed by atoms with Crippen LogP contribution in [0.5, 0.6) is 0 Å². The molecule has 13 heavy (non-hydrogen) atoms. The van der Waals surface area contributed by atoms with Crippen molar-refractivity contribution in [2.24, 2.45) is 0 Å². The van der Waals surface area contributed by atoms with E-state index in [1.54, 1.807) is 11.6 Å². The van der Waals surface area contributed by atoms with Crippen molar-refractivity contribution in [2.75, 3.05) is 0 Å². The Morgan fingerprint density at radius 1 is 1.62 bits per heavy atom. The molecule has 0 N–H and O–H groups in total. The van der Waals surface area contributed by atoms with E-state index in [0.29, 0.717) is 4.96 Å². The molecule has 2 rings (SSSR count). The van der Waals surface area contributed by atoms with Gasteiger partial charge in [0.05, 0.1) is 0 Å². The summed E-state index contributed by atoms with van der Waals surface area (Å²) in [5.74, 6) is 0. The Balaban J connectivity index is 2.94. The number of aromatic nitrogens is 2. The highest BCUT2D eigenvalue weighted by molar-refractivity contribution is 9.10. The van der Waals surface area contributed by atoms with E-state index in [9.17, 15) is 8.42 Å². The molecule has 0 aliphatic heterocycles. The Hall–Kier alpha value is -0.110. The van der Waals surface area contributed by atoms with Gasteiger partial charge >= 0.3 is 0 Å². The second-order valence-corrected chi connectivity index (χ2v) is 6.31. The molecule has 4 nitrogen and oxygen atoms in total. The Morgan fingerprint density at radius 3 is 2.92 bits per heavy atom. The molecule has 0 atom stereocenters. The van der Waals surface area contributed by atoms with E-state index >= 15 is 0 Å². The molecule has 0 unspecified atom stereocenters. The summed E-state index contributed by atoms with van der Waals surface area (Å²) >= 11 is 4.37. The smallest absolute Gasteiger partial charge is 0.279 e. The summed E-state index contributed by atoms with van der Waals surface area (Å²) in [5, 5.41) is 1.71. The van der Waals surface area contributed by atoms with Crippen molar-refractivity contribution < 1.29 is 8.42 Å². The van der Waals surface area contributed by atoms with E-state index < -0.39 is 9.05 Å². The van der Waals surface area contributed by atoms with Crippen molar-refractivity contribution in [1.82, 2.24) is 9.38 Å². The summed E-state index contributed by atoms with van der Waals surface area (Å²) in [6.07, 6.45) is 1.60. The minimum Gasteiger partial charge on any atom is -0.279 e. The van der Waals surface area contributed by atoms with Gasteiger partial charge in [-0.25, -0.2) is 13.4 Å². The molecular formula is C5H2BrClN2O2S2. The van der Waals surface area contributed by atoms with Crippen molar-refractivity contribution in [3.8, 4) is 0 Å². The van der Waals surface area contributed by atoms with Gasteiger partial charge in [0.2, 0.25) is 0 Å². The van der Waals surface area contributed by atoms with Gasteiger partial charge in [-0.05, 0) is 15.9 Å². The van der Waals surface area contributed by atoms with Crippen LogP contribution in [0.2, 0.25) is 0 Å². The summed E-state index contributed by atoms with van der Waals surface area (Å²) in [6.45, 7) is 0. The lowest BCUT2D eigenvalue weighted by atomic mass is 10.9. The molecule has 2 aromatic rings. The van der Waals surface area contributed by atoms with Gasteiger partial charge in [-0.3, -0.25) is 4.40 Å². The second-order valence-electron chi connectivity index (χ2n) is 2.20. The number of rotatable bonds is 1. The standard InChI is InChI=1S/C5H2BrClN2O2S2/c6-3-4(13(7,10)11)9-1-2-12-5(9)8-3/h1-2H. The van der Waals surface area contributed by atoms with Gasteiger partial charge in [-0.2, -0.15) is 0 Å². The monoisotopic (exact) mass is 300 g/mol. The first kappa shape index (κ1) is 9.45. The molecule has 70 valence electrons. The van der Waals surface area contributed by atoms with Gasteiger partial charge in [-0.1, -0.05) is 0 Å². The van der Waals surface area contributed by atoms with Crippen LogP contribution >= 0.6 is 37.9 Å². The van der Waals surface area contributed by atoms with Gasteiger partial charge < -0.3 is 0 Å². The fraction of sp³-hybridized carbons (Fsp3) is 0. The normalized spacial score (nSPS) is 12.5. The Labute approximate surface area is 90.7 Å². The van der Waals surface area contributed by atoms with E-state index in [0.717, 1.165) is 0 Å². The van der Waals surface area contributed by atoms with E-state index in [1.807, 2.05) is 0 Å². The van der Waals surface area contributed by atoms with E-state index in [4.69, 9.17) is 10.7 Å². The minimum atomic E-state index is -3.75. The van der Waals surface area contributed by atoms with Crippen molar-refractivity contribution in [3.63, 3.8) is 0 Å². The Bertz CT molecular complexity index is 558. The average molecular weight is 302 g/mol. The maximum atomic E-state index is 11.1. The fourth-order valence-corrected chi connectivity index (χ4v) is 4.20. The largest absolute Gasteiger partial charge is 0.280 e. The summed E-state index contributed by atoms with van der Waals surface area (Å²) in [4.78, 5) is 4.56. The predicted octanol–water partition coefficient (Wildman–Crippen LogP) is 2.09. The van der Waals surface area contributed by atoms with E-state index in [2.05, 4.69) is 20.9 Å². The van der Waals surface area contributed by atoms with Gasteiger partial charge in [0.15, 0.2) is 9.99 Å². The number of thiazole rings is 1. The van der Waals surface area contributed by atoms with Crippen LogP contribution < -0.4 is 0 Å². The summed E-state index contributed by atoms with van der Waals surface area (Å²) < 4.78 is 23.9. The molecule has 0 aliphatic rings. The molecule has 0 saturated carbocycles. The van der Waals surface area contributed by atoms with Crippen LogP contribution in [-0.4, -0.2) is 17.8 Å². The van der Waals surface area contributed by atoms with Crippen LogP contribution in [0.3, 0.4) is 0 Å². The first-order valence-electron chi connectivity index (χ1n) is 3.06. The highest BCUT2D eigenvalue weighted by Gasteiger charge is 2.21. The maximum absolute atomic E-state index is 11.1. The average Bonchev–Trinajstić information content (AvgIpc) is 2.41. The lowest BCUT2D eigenvalue weighted by Gasteiger charge is -1.92. The third-order valence-electron chi connectivity index (χ3n) is 1.41. The number of halogens is 2.